The van der Waals surface area contributed by atoms with Crippen molar-refractivity contribution in [2.24, 2.45) is 0 Å². The van der Waals surface area contributed by atoms with Crippen LogP contribution in [0.5, 0.6) is 5.75 Å². The summed E-state index contributed by atoms with van der Waals surface area (Å²) in [5.74, 6) is -1.43. The molecule has 5 nitrogen and oxygen atoms in total. The van der Waals surface area contributed by atoms with Gasteiger partial charge in [-0.15, -0.1) is 11.3 Å². The van der Waals surface area contributed by atoms with Crippen LogP contribution in [-0.2, 0) is 0 Å². The zero-order valence-corrected chi connectivity index (χ0v) is 21.8. The SMILES string of the molecule is COc1c(I)c(I)cc(C(=O)Nc2csc(-c3ccc(F)cc3)c2C(=O)O)c1I. The topological polar surface area (TPSA) is 75.6 Å². The van der Waals surface area contributed by atoms with Crippen LogP contribution in [0.15, 0.2) is 35.7 Å². The van der Waals surface area contributed by atoms with Gasteiger partial charge < -0.3 is 15.2 Å². The monoisotopic (exact) mass is 749 g/mol. The Morgan fingerprint density at radius 2 is 1.79 bits per heavy atom. The highest BCUT2D eigenvalue weighted by molar-refractivity contribution is 14.1. The first-order valence-corrected chi connectivity index (χ1v) is 12.0. The molecule has 0 spiro atoms. The average Bonchev–Trinajstić information content (AvgIpc) is 3.09. The molecule has 0 radical (unpaired) electrons. The lowest BCUT2D eigenvalue weighted by atomic mass is 10.1. The molecule has 3 rings (SSSR count). The highest BCUT2D eigenvalue weighted by Gasteiger charge is 2.24. The van der Waals surface area contributed by atoms with Crippen LogP contribution in [0.4, 0.5) is 10.1 Å². The van der Waals surface area contributed by atoms with Gasteiger partial charge >= 0.3 is 5.97 Å². The number of anilines is 1. The summed E-state index contributed by atoms with van der Waals surface area (Å²) in [7, 11) is 1.54. The molecule has 0 saturated heterocycles. The van der Waals surface area contributed by atoms with Crippen molar-refractivity contribution in [2.45, 2.75) is 0 Å². The number of rotatable bonds is 5. The van der Waals surface area contributed by atoms with E-state index in [0.717, 1.165) is 7.14 Å². The van der Waals surface area contributed by atoms with Gasteiger partial charge in [0.1, 0.15) is 17.1 Å². The molecule has 0 saturated carbocycles. The van der Waals surface area contributed by atoms with Crippen LogP contribution in [-0.4, -0.2) is 24.1 Å². The Balaban J connectivity index is 2.01. The van der Waals surface area contributed by atoms with E-state index in [2.05, 4.69) is 50.5 Å². The normalized spacial score (nSPS) is 10.7. The first kappa shape index (κ1) is 22.7. The van der Waals surface area contributed by atoms with Crippen molar-refractivity contribution in [3.63, 3.8) is 0 Å². The zero-order chi connectivity index (χ0) is 21.3. The Hall–Kier alpha value is -1.00. The molecule has 0 bridgehead atoms. The third-order valence-electron chi connectivity index (χ3n) is 3.92. The van der Waals surface area contributed by atoms with E-state index in [9.17, 15) is 19.1 Å². The third kappa shape index (κ3) is 4.69. The highest BCUT2D eigenvalue weighted by atomic mass is 127. The molecule has 1 aromatic heterocycles. The van der Waals surface area contributed by atoms with Crippen molar-refractivity contribution in [3.05, 3.63) is 63.4 Å². The summed E-state index contributed by atoms with van der Waals surface area (Å²) < 4.78 is 21.0. The van der Waals surface area contributed by atoms with Crippen LogP contribution in [0, 0.1) is 16.5 Å². The maximum Gasteiger partial charge on any atom is 0.339 e. The number of hydrogen-bond donors (Lipinski definition) is 2. The molecular formula is C19H11FI3NO4S. The number of halogens is 4. The Labute approximate surface area is 210 Å². The number of carboxylic acid groups (broad SMARTS) is 1. The molecule has 2 aromatic carbocycles. The summed E-state index contributed by atoms with van der Waals surface area (Å²) in [6.45, 7) is 0. The number of carbonyl (C=O) groups excluding carboxylic acids is 1. The molecular weight excluding hydrogens is 738 g/mol. The standard InChI is InChI=1S/C19H11FI3NO4S/c1-28-16-14(22)10(6-11(21)15(16)23)18(25)24-12-7-29-17(13(12)19(26)27)8-2-4-9(20)5-3-8/h2-7H,1H3,(H,24,25)(H,26,27). The van der Waals surface area contributed by atoms with E-state index in [1.54, 1.807) is 11.4 Å². The lowest BCUT2D eigenvalue weighted by Gasteiger charge is -2.13. The molecule has 1 amide bonds. The van der Waals surface area contributed by atoms with Crippen LogP contribution in [0.25, 0.3) is 10.4 Å². The molecule has 2 N–H and O–H groups in total. The summed E-state index contributed by atoms with van der Waals surface area (Å²) in [5, 5.41) is 14.0. The molecule has 3 aromatic rings. The second kappa shape index (κ2) is 9.43. The smallest absolute Gasteiger partial charge is 0.339 e. The minimum atomic E-state index is -1.18. The number of ether oxygens (including phenoxy) is 1. The van der Waals surface area contributed by atoms with E-state index in [1.165, 1.54) is 42.7 Å². The third-order valence-corrected chi connectivity index (χ3v) is 8.98. The second-order valence-electron chi connectivity index (χ2n) is 5.69. The molecule has 0 aliphatic carbocycles. The summed E-state index contributed by atoms with van der Waals surface area (Å²) in [5.41, 5.74) is 1.11. The number of amides is 1. The van der Waals surface area contributed by atoms with Crippen molar-refractivity contribution in [1.29, 1.82) is 0 Å². The van der Waals surface area contributed by atoms with Gasteiger partial charge in [0, 0.05) is 8.95 Å². The maximum atomic E-state index is 13.2. The largest absolute Gasteiger partial charge is 0.494 e. The summed E-state index contributed by atoms with van der Waals surface area (Å²) in [4.78, 5) is 25.2. The Bertz CT molecular complexity index is 1120. The van der Waals surface area contributed by atoms with Gasteiger partial charge in [0.2, 0.25) is 0 Å². The number of nitrogens with one attached hydrogen (secondary N) is 1. The van der Waals surface area contributed by atoms with Crippen molar-refractivity contribution >= 4 is 96.7 Å². The van der Waals surface area contributed by atoms with E-state index < -0.39 is 17.7 Å². The zero-order valence-electron chi connectivity index (χ0n) is 14.6. The lowest BCUT2D eigenvalue weighted by Crippen LogP contribution is -2.16. The molecule has 0 unspecified atom stereocenters. The average molecular weight is 749 g/mol. The summed E-state index contributed by atoms with van der Waals surface area (Å²) >= 11 is 7.48. The fourth-order valence-corrected chi connectivity index (χ4v) is 6.20. The van der Waals surface area contributed by atoms with Crippen molar-refractivity contribution < 1.29 is 23.8 Å². The predicted molar refractivity (Wildman–Crippen MR) is 136 cm³/mol. The molecule has 0 fully saturated rings. The van der Waals surface area contributed by atoms with Gasteiger partial charge in [0.15, 0.2) is 0 Å². The van der Waals surface area contributed by atoms with E-state index in [1.807, 2.05) is 22.6 Å². The van der Waals surface area contributed by atoms with Crippen molar-refractivity contribution in [3.8, 4) is 16.2 Å². The number of carbonyl (C=O) groups is 2. The van der Waals surface area contributed by atoms with Gasteiger partial charge in [-0.2, -0.15) is 0 Å². The van der Waals surface area contributed by atoms with Crippen molar-refractivity contribution in [1.82, 2.24) is 0 Å². The summed E-state index contributed by atoms with van der Waals surface area (Å²) in [6.07, 6.45) is 0. The maximum absolute atomic E-state index is 13.2. The fourth-order valence-electron chi connectivity index (χ4n) is 2.59. The number of hydrogen-bond acceptors (Lipinski definition) is 4. The van der Waals surface area contributed by atoms with Gasteiger partial charge in [0.25, 0.3) is 5.91 Å². The number of thiophene rings is 1. The highest BCUT2D eigenvalue weighted by Crippen LogP contribution is 2.38. The first-order valence-electron chi connectivity index (χ1n) is 7.88. The van der Waals surface area contributed by atoms with Gasteiger partial charge in [-0.3, -0.25) is 4.79 Å². The van der Waals surface area contributed by atoms with E-state index in [4.69, 9.17) is 4.74 Å². The van der Waals surface area contributed by atoms with Gasteiger partial charge in [-0.25, -0.2) is 9.18 Å². The Morgan fingerprint density at radius 3 is 2.38 bits per heavy atom. The van der Waals surface area contributed by atoms with Crippen LogP contribution in [0.3, 0.4) is 0 Å². The van der Waals surface area contributed by atoms with Crippen LogP contribution < -0.4 is 10.1 Å². The van der Waals surface area contributed by atoms with Crippen LogP contribution in [0.2, 0.25) is 0 Å². The van der Waals surface area contributed by atoms with Gasteiger partial charge in [0.05, 0.1) is 30.4 Å². The summed E-state index contributed by atoms with van der Waals surface area (Å²) in [6, 6.07) is 7.28. The molecule has 150 valence electrons. The molecule has 29 heavy (non-hydrogen) atoms. The molecule has 0 aliphatic rings. The van der Waals surface area contributed by atoms with Gasteiger partial charge in [-0.05, 0) is 91.5 Å². The molecule has 0 aliphatic heterocycles. The van der Waals surface area contributed by atoms with E-state index in [0.29, 0.717) is 25.3 Å². The van der Waals surface area contributed by atoms with Crippen molar-refractivity contribution in [2.75, 3.05) is 12.4 Å². The number of carboxylic acids is 1. The van der Waals surface area contributed by atoms with Crippen LogP contribution >= 0.6 is 79.1 Å². The predicted octanol–water partition coefficient (Wildman–Crippen LogP) is 6.33. The Morgan fingerprint density at radius 1 is 1.14 bits per heavy atom. The second-order valence-corrected chi connectivity index (χ2v) is 9.89. The minimum Gasteiger partial charge on any atom is -0.494 e. The van der Waals surface area contributed by atoms with E-state index >= 15 is 0 Å². The fraction of sp³-hybridized carbons (Fsp3) is 0.0526. The minimum absolute atomic E-state index is 0.0304. The number of aromatic carboxylic acids is 1. The van der Waals surface area contributed by atoms with Gasteiger partial charge in [-0.1, -0.05) is 12.1 Å². The Kier molecular flexibility index (Phi) is 7.37. The van der Waals surface area contributed by atoms with E-state index in [-0.39, 0.29) is 11.3 Å². The number of benzene rings is 2. The molecule has 10 heteroatoms. The lowest BCUT2D eigenvalue weighted by molar-refractivity contribution is 0.0699. The molecule has 0 atom stereocenters. The quantitative estimate of drug-likeness (QED) is 0.237. The molecule has 1 heterocycles. The number of methoxy groups -OCH3 is 1. The first-order chi connectivity index (χ1) is 13.7. The van der Waals surface area contributed by atoms with Crippen LogP contribution in [0.1, 0.15) is 20.7 Å².